The van der Waals surface area contributed by atoms with Crippen molar-refractivity contribution in [2.24, 2.45) is 0 Å². The van der Waals surface area contributed by atoms with Crippen LogP contribution in [0.3, 0.4) is 0 Å². The third-order valence-corrected chi connectivity index (χ3v) is 3.41. The first-order valence-corrected chi connectivity index (χ1v) is 6.98. The molecule has 0 radical (unpaired) electrons. The molecular formula is C16H10ClN3O2. The normalized spacial score (nSPS) is 11.0. The van der Waals surface area contributed by atoms with E-state index in [0.717, 1.165) is 16.9 Å². The molecule has 0 fully saturated rings. The molecule has 5 nitrogen and oxygen atoms in total. The number of halogens is 1. The number of hydrogen-bond acceptors (Lipinski definition) is 4. The lowest BCUT2D eigenvalue weighted by molar-refractivity contribution is 0.453. The van der Waals surface area contributed by atoms with Crippen LogP contribution in [-0.2, 0) is 0 Å². The van der Waals surface area contributed by atoms with Gasteiger partial charge in [0.15, 0.2) is 5.65 Å². The van der Waals surface area contributed by atoms with Gasteiger partial charge in [-0.3, -0.25) is 0 Å². The summed E-state index contributed by atoms with van der Waals surface area (Å²) >= 11 is 5.96. The van der Waals surface area contributed by atoms with Crippen molar-refractivity contribution in [2.45, 2.75) is 0 Å². The van der Waals surface area contributed by atoms with Crippen LogP contribution < -0.4 is 4.74 Å². The largest absolute Gasteiger partial charge is 0.472 e. The Morgan fingerprint density at radius 2 is 2.09 bits per heavy atom. The van der Waals surface area contributed by atoms with Crippen LogP contribution in [0, 0.1) is 0 Å². The lowest BCUT2D eigenvalue weighted by Crippen LogP contribution is -1.97. The number of benzene rings is 1. The molecule has 1 aromatic carbocycles. The molecule has 0 bridgehead atoms. The second-order valence-electron chi connectivity index (χ2n) is 4.66. The van der Waals surface area contributed by atoms with E-state index in [4.69, 9.17) is 20.8 Å². The van der Waals surface area contributed by atoms with Crippen molar-refractivity contribution in [3.8, 4) is 22.9 Å². The van der Waals surface area contributed by atoms with Crippen LogP contribution in [-0.4, -0.2) is 14.6 Å². The summed E-state index contributed by atoms with van der Waals surface area (Å²) in [6.07, 6.45) is 5.01. The molecular weight excluding hydrogens is 302 g/mol. The smallest absolute Gasteiger partial charge is 0.237 e. The highest BCUT2D eigenvalue weighted by Crippen LogP contribution is 2.25. The van der Waals surface area contributed by atoms with E-state index in [9.17, 15) is 0 Å². The molecule has 4 rings (SSSR count). The highest BCUT2D eigenvalue weighted by atomic mass is 35.5. The fourth-order valence-corrected chi connectivity index (χ4v) is 2.35. The second kappa shape index (κ2) is 5.20. The number of aromatic nitrogens is 3. The average molecular weight is 312 g/mol. The molecule has 0 amide bonds. The number of nitrogens with zero attached hydrogens (tertiary/aromatic N) is 3. The minimum absolute atomic E-state index is 0.456. The second-order valence-corrected chi connectivity index (χ2v) is 5.09. The maximum Gasteiger partial charge on any atom is 0.237 e. The number of imidazole rings is 1. The molecule has 3 heterocycles. The van der Waals surface area contributed by atoms with E-state index < -0.39 is 0 Å². The van der Waals surface area contributed by atoms with E-state index in [0.29, 0.717) is 16.7 Å². The number of furan rings is 1. The Labute approximate surface area is 130 Å². The monoisotopic (exact) mass is 311 g/mol. The maximum atomic E-state index is 5.96. The Bertz CT molecular complexity index is 932. The van der Waals surface area contributed by atoms with Gasteiger partial charge in [0.05, 0.1) is 24.4 Å². The minimum atomic E-state index is 0.456. The minimum Gasteiger partial charge on any atom is -0.472 e. The fourth-order valence-electron chi connectivity index (χ4n) is 2.17. The molecule has 0 aliphatic rings. The van der Waals surface area contributed by atoms with Gasteiger partial charge in [-0.15, -0.1) is 5.10 Å². The van der Waals surface area contributed by atoms with Gasteiger partial charge in [0, 0.05) is 16.7 Å². The first kappa shape index (κ1) is 12.9. The predicted octanol–water partition coefficient (Wildman–Crippen LogP) is 4.44. The zero-order valence-electron chi connectivity index (χ0n) is 11.3. The average Bonchev–Trinajstić information content (AvgIpc) is 3.15. The zero-order chi connectivity index (χ0) is 14.9. The maximum absolute atomic E-state index is 5.96. The van der Waals surface area contributed by atoms with Crippen LogP contribution in [0.15, 0.2) is 65.6 Å². The highest BCUT2D eigenvalue weighted by molar-refractivity contribution is 6.30. The van der Waals surface area contributed by atoms with Gasteiger partial charge in [-0.1, -0.05) is 17.7 Å². The van der Waals surface area contributed by atoms with Gasteiger partial charge < -0.3 is 9.15 Å². The van der Waals surface area contributed by atoms with E-state index in [1.54, 1.807) is 41.4 Å². The van der Waals surface area contributed by atoms with Crippen molar-refractivity contribution >= 4 is 17.2 Å². The van der Waals surface area contributed by atoms with Crippen LogP contribution >= 0.6 is 11.6 Å². The Balaban J connectivity index is 1.75. The third-order valence-electron chi connectivity index (χ3n) is 3.17. The van der Waals surface area contributed by atoms with Gasteiger partial charge in [-0.25, -0.2) is 9.50 Å². The molecule has 6 heteroatoms. The first-order valence-electron chi connectivity index (χ1n) is 6.60. The Morgan fingerprint density at radius 3 is 2.91 bits per heavy atom. The SMILES string of the molecule is Clc1cccc(Oc2ccc3ncc(-c4ccoc4)n3n2)c1. The van der Waals surface area contributed by atoms with E-state index in [1.807, 2.05) is 24.3 Å². The van der Waals surface area contributed by atoms with Crippen molar-refractivity contribution in [1.82, 2.24) is 14.6 Å². The van der Waals surface area contributed by atoms with E-state index in [1.165, 1.54) is 0 Å². The topological polar surface area (TPSA) is 52.6 Å². The van der Waals surface area contributed by atoms with Crippen LogP contribution in [0.25, 0.3) is 16.9 Å². The van der Waals surface area contributed by atoms with Gasteiger partial charge in [0.1, 0.15) is 5.75 Å². The van der Waals surface area contributed by atoms with Crippen molar-refractivity contribution in [3.63, 3.8) is 0 Å². The summed E-state index contributed by atoms with van der Waals surface area (Å²) in [6, 6.07) is 12.6. The van der Waals surface area contributed by atoms with Crippen LogP contribution in [0.1, 0.15) is 0 Å². The van der Waals surface area contributed by atoms with E-state index in [-0.39, 0.29) is 0 Å². The number of rotatable bonds is 3. The summed E-state index contributed by atoms with van der Waals surface area (Å²) in [5.74, 6) is 1.09. The molecule has 0 saturated heterocycles. The molecule has 0 aliphatic heterocycles. The summed E-state index contributed by atoms with van der Waals surface area (Å²) in [5.41, 5.74) is 2.47. The molecule has 22 heavy (non-hydrogen) atoms. The quantitative estimate of drug-likeness (QED) is 0.561. The van der Waals surface area contributed by atoms with Gasteiger partial charge in [-0.05, 0) is 30.3 Å². The molecule has 0 spiro atoms. The lowest BCUT2D eigenvalue weighted by atomic mass is 10.3. The fraction of sp³-hybridized carbons (Fsp3) is 0. The summed E-state index contributed by atoms with van der Waals surface area (Å²) in [4.78, 5) is 4.32. The summed E-state index contributed by atoms with van der Waals surface area (Å²) in [7, 11) is 0. The van der Waals surface area contributed by atoms with E-state index >= 15 is 0 Å². The summed E-state index contributed by atoms with van der Waals surface area (Å²) < 4.78 is 12.6. The molecule has 0 atom stereocenters. The van der Waals surface area contributed by atoms with Gasteiger partial charge >= 0.3 is 0 Å². The molecule has 0 unspecified atom stereocenters. The molecule has 108 valence electrons. The number of fused-ring (bicyclic) bond motifs is 1. The number of hydrogen-bond donors (Lipinski definition) is 0. The van der Waals surface area contributed by atoms with Crippen LogP contribution in [0.4, 0.5) is 0 Å². The van der Waals surface area contributed by atoms with Crippen molar-refractivity contribution in [3.05, 3.63) is 66.2 Å². The number of ether oxygens (including phenoxy) is 1. The molecule has 0 aliphatic carbocycles. The predicted molar refractivity (Wildman–Crippen MR) is 82.2 cm³/mol. The highest BCUT2D eigenvalue weighted by Gasteiger charge is 2.10. The lowest BCUT2D eigenvalue weighted by Gasteiger charge is -2.06. The Morgan fingerprint density at radius 1 is 1.14 bits per heavy atom. The molecule has 0 N–H and O–H groups in total. The van der Waals surface area contributed by atoms with Gasteiger partial charge in [0.25, 0.3) is 0 Å². The molecule has 0 saturated carbocycles. The first-order chi connectivity index (χ1) is 10.8. The van der Waals surface area contributed by atoms with Crippen LogP contribution in [0.5, 0.6) is 11.6 Å². The summed E-state index contributed by atoms with van der Waals surface area (Å²) in [6.45, 7) is 0. The third kappa shape index (κ3) is 2.31. The standard InChI is InChI=1S/C16H10ClN3O2/c17-12-2-1-3-13(8-12)22-16-5-4-15-18-9-14(20(15)19-16)11-6-7-21-10-11/h1-10H. The molecule has 3 aromatic heterocycles. The molecule has 4 aromatic rings. The van der Waals surface area contributed by atoms with Crippen LogP contribution in [0.2, 0.25) is 5.02 Å². The van der Waals surface area contributed by atoms with Crippen molar-refractivity contribution in [2.75, 3.05) is 0 Å². The zero-order valence-corrected chi connectivity index (χ0v) is 12.1. The van der Waals surface area contributed by atoms with Gasteiger partial charge in [0.2, 0.25) is 5.88 Å². The van der Waals surface area contributed by atoms with Crippen molar-refractivity contribution in [1.29, 1.82) is 0 Å². The Kier molecular flexibility index (Phi) is 3.05. The van der Waals surface area contributed by atoms with Gasteiger partial charge in [-0.2, -0.15) is 0 Å². The Hall–Kier alpha value is -2.79. The van der Waals surface area contributed by atoms with Crippen molar-refractivity contribution < 1.29 is 9.15 Å². The van der Waals surface area contributed by atoms with E-state index in [2.05, 4.69) is 10.1 Å². The summed E-state index contributed by atoms with van der Waals surface area (Å²) in [5, 5.41) is 5.07.